The summed E-state index contributed by atoms with van der Waals surface area (Å²) in [5.41, 5.74) is 5.74. The first-order valence-electron chi connectivity index (χ1n) is 8.86. The summed E-state index contributed by atoms with van der Waals surface area (Å²) >= 11 is 6.75. The van der Waals surface area contributed by atoms with Gasteiger partial charge in [-0.05, 0) is 47.2 Å². The Bertz CT molecular complexity index is 712. The summed E-state index contributed by atoms with van der Waals surface area (Å²) in [6, 6.07) is 19.9. The van der Waals surface area contributed by atoms with Crippen molar-refractivity contribution in [3.8, 4) is 0 Å². The number of hydrogen-bond acceptors (Lipinski definition) is 0. The van der Waals surface area contributed by atoms with Crippen LogP contribution >= 0.6 is 11.1 Å². The maximum atomic E-state index is 6.75. The van der Waals surface area contributed by atoms with Crippen LogP contribution in [0.2, 0.25) is 12.1 Å². The van der Waals surface area contributed by atoms with Crippen LogP contribution in [0.5, 0.6) is 0 Å². The molecule has 24 heavy (non-hydrogen) atoms. The van der Waals surface area contributed by atoms with Gasteiger partial charge in [0.25, 0.3) is 0 Å². The quantitative estimate of drug-likeness (QED) is 0.406. The molecule has 2 atom stereocenters. The fourth-order valence-electron chi connectivity index (χ4n) is 3.90. The van der Waals surface area contributed by atoms with Gasteiger partial charge in [-0.3, -0.25) is 0 Å². The van der Waals surface area contributed by atoms with Gasteiger partial charge in [0.2, 0.25) is 0 Å². The highest BCUT2D eigenvalue weighted by Crippen LogP contribution is 2.36. The molecule has 0 saturated heterocycles. The van der Waals surface area contributed by atoms with E-state index in [1.54, 1.807) is 0 Å². The number of benzene rings is 2. The Morgan fingerprint density at radius 1 is 0.708 bits per heavy atom. The average molecular weight is 350 g/mol. The molecule has 2 aromatic rings. The summed E-state index contributed by atoms with van der Waals surface area (Å²) in [5.74, 6) is 1.15. The van der Waals surface area contributed by atoms with Crippen LogP contribution in [0.15, 0.2) is 60.7 Å². The third kappa shape index (κ3) is 3.29. The zero-order chi connectivity index (χ0) is 16.4. The molecule has 2 aliphatic rings. The zero-order valence-electron chi connectivity index (χ0n) is 13.8. The monoisotopic (exact) mass is 349 g/mol. The SMILES string of the molecule is Cl[Si](CCC1C=Cc2ccccc21)CCC1C=Cc2ccccc21. The van der Waals surface area contributed by atoms with Crippen molar-refractivity contribution in [3.05, 3.63) is 82.9 Å². The molecule has 0 bridgehead atoms. The van der Waals surface area contributed by atoms with E-state index < -0.39 is 8.11 Å². The van der Waals surface area contributed by atoms with Gasteiger partial charge in [0.1, 0.15) is 0 Å². The van der Waals surface area contributed by atoms with Gasteiger partial charge in [-0.2, -0.15) is 11.1 Å². The smallest absolute Gasteiger partial charge is 0.165 e. The standard InChI is InChI=1S/C22H22ClSi/c23-24(15-13-19-11-9-17-5-1-3-7-21(17)19)16-14-20-12-10-18-6-2-4-8-22(18)20/h1-12,19-20H,13-16H2. The second kappa shape index (κ2) is 7.12. The predicted octanol–water partition coefficient (Wildman–Crippen LogP) is 6.62. The fourth-order valence-corrected chi connectivity index (χ4v) is 6.05. The van der Waals surface area contributed by atoms with Crippen LogP contribution < -0.4 is 0 Å². The van der Waals surface area contributed by atoms with E-state index in [1.165, 1.54) is 47.2 Å². The minimum absolute atomic E-state index is 0.576. The normalized spacial score (nSPS) is 20.6. The van der Waals surface area contributed by atoms with E-state index in [0.717, 1.165) is 0 Å². The van der Waals surface area contributed by atoms with Crippen molar-refractivity contribution >= 4 is 31.3 Å². The number of allylic oxidation sites excluding steroid dienone is 2. The zero-order valence-corrected chi connectivity index (χ0v) is 15.5. The molecule has 0 heterocycles. The molecule has 0 aromatic heterocycles. The minimum atomic E-state index is -0.763. The van der Waals surface area contributed by atoms with Crippen molar-refractivity contribution in [2.45, 2.75) is 36.8 Å². The number of fused-ring (bicyclic) bond motifs is 2. The number of halogens is 1. The van der Waals surface area contributed by atoms with Gasteiger partial charge >= 0.3 is 0 Å². The summed E-state index contributed by atoms with van der Waals surface area (Å²) in [6.07, 6.45) is 11.6. The molecule has 4 rings (SSSR count). The summed E-state index contributed by atoms with van der Waals surface area (Å²) in [5, 5.41) is 0. The van der Waals surface area contributed by atoms with Crippen molar-refractivity contribution in [2.24, 2.45) is 0 Å². The number of rotatable bonds is 6. The molecule has 0 fully saturated rings. The lowest BCUT2D eigenvalue weighted by Crippen LogP contribution is -2.07. The third-order valence-corrected chi connectivity index (χ3v) is 8.06. The predicted molar refractivity (Wildman–Crippen MR) is 107 cm³/mol. The Balaban J connectivity index is 1.27. The molecule has 0 spiro atoms. The Hall–Kier alpha value is -1.57. The molecule has 2 heteroatoms. The lowest BCUT2D eigenvalue weighted by molar-refractivity contribution is 0.788. The van der Waals surface area contributed by atoms with Crippen LogP contribution in [0.3, 0.4) is 0 Å². The molecule has 0 saturated carbocycles. The molecule has 1 radical (unpaired) electrons. The van der Waals surface area contributed by atoms with E-state index in [-0.39, 0.29) is 0 Å². The maximum absolute atomic E-state index is 6.75. The highest BCUT2D eigenvalue weighted by Gasteiger charge is 2.21. The van der Waals surface area contributed by atoms with Crippen LogP contribution in [-0.4, -0.2) is 8.11 Å². The molecule has 2 aliphatic carbocycles. The number of hydrogen-bond donors (Lipinski definition) is 0. The van der Waals surface area contributed by atoms with E-state index in [0.29, 0.717) is 11.8 Å². The molecular formula is C22H22ClSi. The van der Waals surface area contributed by atoms with Crippen LogP contribution in [0.25, 0.3) is 12.2 Å². The second-order valence-electron chi connectivity index (χ2n) is 6.78. The molecule has 0 nitrogen and oxygen atoms in total. The fraction of sp³-hybridized carbons (Fsp3) is 0.273. The van der Waals surface area contributed by atoms with E-state index in [4.69, 9.17) is 11.1 Å². The highest BCUT2D eigenvalue weighted by molar-refractivity contribution is 7.06. The van der Waals surface area contributed by atoms with Gasteiger partial charge < -0.3 is 0 Å². The van der Waals surface area contributed by atoms with Crippen molar-refractivity contribution in [2.75, 3.05) is 0 Å². The highest BCUT2D eigenvalue weighted by atomic mass is 35.6. The summed E-state index contributed by atoms with van der Waals surface area (Å²) in [4.78, 5) is 0. The van der Waals surface area contributed by atoms with Gasteiger partial charge in [-0.25, -0.2) is 0 Å². The largest absolute Gasteiger partial charge is 0.169 e. The van der Waals surface area contributed by atoms with Gasteiger partial charge in [0, 0.05) is 11.8 Å². The first kappa shape index (κ1) is 15.9. The second-order valence-corrected chi connectivity index (χ2v) is 10.4. The van der Waals surface area contributed by atoms with E-state index in [1.807, 2.05) is 0 Å². The van der Waals surface area contributed by atoms with Crippen LogP contribution in [0, 0.1) is 0 Å². The van der Waals surface area contributed by atoms with E-state index >= 15 is 0 Å². The first-order chi connectivity index (χ1) is 11.8. The Morgan fingerprint density at radius 2 is 1.17 bits per heavy atom. The molecule has 0 aliphatic heterocycles. The lowest BCUT2D eigenvalue weighted by Gasteiger charge is -2.15. The van der Waals surface area contributed by atoms with Gasteiger partial charge in [-0.1, -0.05) is 72.8 Å². The van der Waals surface area contributed by atoms with Gasteiger partial charge in [0.15, 0.2) is 8.11 Å². The Morgan fingerprint density at radius 3 is 1.67 bits per heavy atom. The molecule has 0 amide bonds. The van der Waals surface area contributed by atoms with Crippen molar-refractivity contribution in [1.29, 1.82) is 0 Å². The minimum Gasteiger partial charge on any atom is -0.169 e. The summed E-state index contributed by atoms with van der Waals surface area (Å²) < 4.78 is 0. The molecule has 0 N–H and O–H groups in total. The molecule has 2 aromatic carbocycles. The maximum Gasteiger partial charge on any atom is 0.165 e. The van der Waals surface area contributed by atoms with Crippen molar-refractivity contribution in [1.82, 2.24) is 0 Å². The van der Waals surface area contributed by atoms with Crippen molar-refractivity contribution in [3.63, 3.8) is 0 Å². The third-order valence-electron chi connectivity index (χ3n) is 5.26. The van der Waals surface area contributed by atoms with Gasteiger partial charge in [0.05, 0.1) is 0 Å². The summed E-state index contributed by atoms with van der Waals surface area (Å²) in [6.45, 7) is 0. The van der Waals surface area contributed by atoms with Crippen LogP contribution in [-0.2, 0) is 0 Å². The lowest BCUT2D eigenvalue weighted by atomic mass is 9.98. The summed E-state index contributed by atoms with van der Waals surface area (Å²) in [7, 11) is -0.763. The van der Waals surface area contributed by atoms with Crippen molar-refractivity contribution < 1.29 is 0 Å². The van der Waals surface area contributed by atoms with Gasteiger partial charge in [-0.15, -0.1) is 0 Å². The molecule has 121 valence electrons. The van der Waals surface area contributed by atoms with Crippen LogP contribution in [0.1, 0.15) is 46.9 Å². The molecule has 2 unspecified atom stereocenters. The first-order valence-corrected chi connectivity index (χ1v) is 11.8. The molecular weight excluding hydrogens is 328 g/mol. The Kier molecular flexibility index (Phi) is 4.73. The average Bonchev–Trinajstić information content (AvgIpc) is 3.22. The Labute approximate surface area is 151 Å². The topological polar surface area (TPSA) is 0 Å². The van der Waals surface area contributed by atoms with E-state index in [2.05, 4.69) is 72.8 Å². The van der Waals surface area contributed by atoms with Crippen LogP contribution in [0.4, 0.5) is 0 Å². The van der Waals surface area contributed by atoms with E-state index in [9.17, 15) is 0 Å².